The van der Waals surface area contributed by atoms with E-state index in [0.717, 1.165) is 23.4 Å². The zero-order chi connectivity index (χ0) is 14.7. The predicted octanol–water partition coefficient (Wildman–Crippen LogP) is 3.84. The van der Waals surface area contributed by atoms with Crippen molar-refractivity contribution >= 4 is 0 Å². The predicted molar refractivity (Wildman–Crippen MR) is 83.3 cm³/mol. The van der Waals surface area contributed by atoms with E-state index in [4.69, 9.17) is 0 Å². The fourth-order valence-electron chi connectivity index (χ4n) is 2.25. The average Bonchev–Trinajstić information content (AvgIpc) is 3.05. The van der Waals surface area contributed by atoms with Gasteiger partial charge in [-0.1, -0.05) is 26.0 Å². The summed E-state index contributed by atoms with van der Waals surface area (Å²) >= 11 is 0. The Balaban J connectivity index is 1.86. The molecule has 2 heterocycles. The molecule has 0 amide bonds. The summed E-state index contributed by atoms with van der Waals surface area (Å²) in [6.45, 7) is 4.45. The normalized spacial score (nSPS) is 12.3. The van der Waals surface area contributed by atoms with Crippen molar-refractivity contribution in [1.82, 2.24) is 19.7 Å². The molecule has 0 fully saturated rings. The first kappa shape index (κ1) is 13.5. The van der Waals surface area contributed by atoms with Crippen LogP contribution in [0.1, 0.15) is 31.7 Å². The van der Waals surface area contributed by atoms with Gasteiger partial charge in [-0.2, -0.15) is 5.10 Å². The third-order valence-electron chi connectivity index (χ3n) is 3.80. The van der Waals surface area contributed by atoms with Gasteiger partial charge in [-0.3, -0.25) is 0 Å². The van der Waals surface area contributed by atoms with E-state index in [1.165, 1.54) is 5.56 Å². The molecule has 0 bridgehead atoms. The highest BCUT2D eigenvalue weighted by Gasteiger charge is 2.06. The molecule has 4 heteroatoms. The zero-order valence-corrected chi connectivity index (χ0v) is 12.3. The lowest BCUT2D eigenvalue weighted by Gasteiger charge is -2.09. The Bertz CT molecular complexity index is 701. The van der Waals surface area contributed by atoms with Crippen LogP contribution in [0.5, 0.6) is 0 Å². The van der Waals surface area contributed by atoms with Gasteiger partial charge in [0.05, 0.1) is 17.6 Å². The number of rotatable bonds is 4. The average molecular weight is 278 g/mol. The second-order valence-electron chi connectivity index (χ2n) is 5.17. The van der Waals surface area contributed by atoms with Gasteiger partial charge < -0.3 is 0 Å². The number of benzene rings is 1. The molecule has 4 nitrogen and oxygen atoms in total. The summed E-state index contributed by atoms with van der Waals surface area (Å²) < 4.78 is 1.87. The Morgan fingerprint density at radius 2 is 1.95 bits per heavy atom. The zero-order valence-electron chi connectivity index (χ0n) is 12.3. The number of hydrogen-bond acceptors (Lipinski definition) is 3. The monoisotopic (exact) mass is 278 g/mol. The molecule has 0 aliphatic heterocycles. The van der Waals surface area contributed by atoms with Gasteiger partial charge in [0.1, 0.15) is 6.33 Å². The summed E-state index contributed by atoms with van der Waals surface area (Å²) in [6, 6.07) is 10.5. The molecular formula is C17H18N4. The van der Waals surface area contributed by atoms with Crippen molar-refractivity contribution in [2.75, 3.05) is 0 Å². The Kier molecular flexibility index (Phi) is 3.77. The van der Waals surface area contributed by atoms with Crippen LogP contribution in [0.4, 0.5) is 0 Å². The van der Waals surface area contributed by atoms with E-state index >= 15 is 0 Å². The van der Waals surface area contributed by atoms with Gasteiger partial charge in [0.25, 0.3) is 0 Å². The van der Waals surface area contributed by atoms with E-state index in [0.29, 0.717) is 5.92 Å². The van der Waals surface area contributed by atoms with Crippen molar-refractivity contribution in [3.63, 3.8) is 0 Å². The van der Waals surface area contributed by atoms with Crippen LogP contribution in [-0.4, -0.2) is 19.7 Å². The second kappa shape index (κ2) is 5.87. The standard InChI is InChI=1S/C17H18N4/c1-3-13(2)14-4-6-16(7-5-14)21-11-15(10-20-21)17-8-9-18-12-19-17/h4-13H,3H2,1-2H3. The van der Waals surface area contributed by atoms with E-state index in [2.05, 4.69) is 53.2 Å². The van der Waals surface area contributed by atoms with Gasteiger partial charge in [-0.25, -0.2) is 14.6 Å². The van der Waals surface area contributed by atoms with Crippen molar-refractivity contribution in [1.29, 1.82) is 0 Å². The molecule has 0 aliphatic carbocycles. The van der Waals surface area contributed by atoms with Crippen LogP contribution in [0, 0.1) is 0 Å². The highest BCUT2D eigenvalue weighted by molar-refractivity contribution is 5.56. The molecule has 3 aromatic rings. The third-order valence-corrected chi connectivity index (χ3v) is 3.80. The molecule has 0 N–H and O–H groups in total. The summed E-state index contributed by atoms with van der Waals surface area (Å²) in [6.07, 6.45) is 8.25. The Hall–Kier alpha value is -2.49. The molecule has 0 saturated carbocycles. The van der Waals surface area contributed by atoms with Gasteiger partial charge in [-0.15, -0.1) is 0 Å². The molecule has 2 aromatic heterocycles. The van der Waals surface area contributed by atoms with E-state index in [1.807, 2.05) is 23.1 Å². The molecule has 1 aromatic carbocycles. The minimum Gasteiger partial charge on any atom is -0.245 e. The highest BCUT2D eigenvalue weighted by Crippen LogP contribution is 2.21. The van der Waals surface area contributed by atoms with Crippen LogP contribution in [0.15, 0.2) is 55.2 Å². The van der Waals surface area contributed by atoms with Crippen molar-refractivity contribution in [2.45, 2.75) is 26.2 Å². The smallest absolute Gasteiger partial charge is 0.116 e. The number of hydrogen-bond donors (Lipinski definition) is 0. The SMILES string of the molecule is CCC(C)c1ccc(-n2cc(-c3ccncn3)cn2)cc1. The second-order valence-corrected chi connectivity index (χ2v) is 5.17. The minimum absolute atomic E-state index is 0.591. The van der Waals surface area contributed by atoms with Crippen LogP contribution in [0.25, 0.3) is 16.9 Å². The molecular weight excluding hydrogens is 260 g/mol. The van der Waals surface area contributed by atoms with Crippen molar-refractivity contribution in [3.05, 3.63) is 60.8 Å². The Morgan fingerprint density at radius 1 is 1.14 bits per heavy atom. The fraction of sp³-hybridized carbons (Fsp3) is 0.235. The lowest BCUT2D eigenvalue weighted by atomic mass is 9.99. The quantitative estimate of drug-likeness (QED) is 0.728. The van der Waals surface area contributed by atoms with Gasteiger partial charge in [-0.05, 0) is 36.1 Å². The minimum atomic E-state index is 0.591. The maximum absolute atomic E-state index is 4.41. The molecule has 1 unspecified atom stereocenters. The van der Waals surface area contributed by atoms with E-state index < -0.39 is 0 Å². The largest absolute Gasteiger partial charge is 0.245 e. The Morgan fingerprint density at radius 3 is 2.62 bits per heavy atom. The van der Waals surface area contributed by atoms with Gasteiger partial charge in [0, 0.05) is 18.0 Å². The van der Waals surface area contributed by atoms with Crippen LogP contribution in [0.2, 0.25) is 0 Å². The lowest BCUT2D eigenvalue weighted by molar-refractivity contribution is 0.732. The van der Waals surface area contributed by atoms with Gasteiger partial charge in [0.2, 0.25) is 0 Å². The van der Waals surface area contributed by atoms with Crippen molar-refractivity contribution in [3.8, 4) is 16.9 Å². The van der Waals surface area contributed by atoms with E-state index in [-0.39, 0.29) is 0 Å². The molecule has 3 rings (SSSR count). The molecule has 0 spiro atoms. The molecule has 21 heavy (non-hydrogen) atoms. The van der Waals surface area contributed by atoms with Crippen LogP contribution in [-0.2, 0) is 0 Å². The fourth-order valence-corrected chi connectivity index (χ4v) is 2.25. The highest BCUT2D eigenvalue weighted by atomic mass is 15.3. The van der Waals surface area contributed by atoms with Crippen molar-refractivity contribution < 1.29 is 0 Å². The molecule has 1 atom stereocenters. The van der Waals surface area contributed by atoms with Crippen molar-refractivity contribution in [2.24, 2.45) is 0 Å². The summed E-state index contributed by atoms with van der Waals surface area (Å²) in [5, 5.41) is 4.41. The van der Waals surface area contributed by atoms with E-state index in [9.17, 15) is 0 Å². The lowest BCUT2D eigenvalue weighted by Crippen LogP contribution is -1.96. The first-order valence-electron chi connectivity index (χ1n) is 7.19. The number of nitrogens with zero attached hydrogens (tertiary/aromatic N) is 4. The van der Waals surface area contributed by atoms with Crippen LogP contribution in [0.3, 0.4) is 0 Å². The summed E-state index contributed by atoms with van der Waals surface area (Å²) in [7, 11) is 0. The molecule has 0 saturated heterocycles. The first-order chi connectivity index (χ1) is 10.3. The van der Waals surface area contributed by atoms with Gasteiger partial charge >= 0.3 is 0 Å². The number of aromatic nitrogens is 4. The maximum Gasteiger partial charge on any atom is 0.116 e. The third kappa shape index (κ3) is 2.84. The maximum atomic E-state index is 4.41. The first-order valence-corrected chi connectivity index (χ1v) is 7.19. The molecule has 106 valence electrons. The Labute approximate surface area is 124 Å². The molecule has 0 aliphatic rings. The van der Waals surface area contributed by atoms with Gasteiger partial charge in [0.15, 0.2) is 0 Å². The molecule has 0 radical (unpaired) electrons. The summed E-state index contributed by atoms with van der Waals surface area (Å²) in [5.74, 6) is 0.591. The summed E-state index contributed by atoms with van der Waals surface area (Å²) in [5.41, 5.74) is 4.29. The van der Waals surface area contributed by atoms with Crippen LogP contribution >= 0.6 is 0 Å². The summed E-state index contributed by atoms with van der Waals surface area (Å²) in [4.78, 5) is 8.17. The topological polar surface area (TPSA) is 43.6 Å². The van der Waals surface area contributed by atoms with Crippen LogP contribution < -0.4 is 0 Å². The van der Waals surface area contributed by atoms with E-state index in [1.54, 1.807) is 12.5 Å².